The minimum absolute atomic E-state index is 0.0820. The van der Waals surface area contributed by atoms with Crippen molar-refractivity contribution in [3.05, 3.63) is 33.0 Å². The average molecular weight is 363 g/mol. The van der Waals surface area contributed by atoms with E-state index in [9.17, 15) is 14.4 Å². The molecule has 0 aromatic carbocycles. The highest BCUT2D eigenvalue weighted by Crippen LogP contribution is 2.32. The summed E-state index contributed by atoms with van der Waals surface area (Å²) in [6.07, 6.45) is 0.965. The van der Waals surface area contributed by atoms with Gasteiger partial charge in [0.1, 0.15) is 0 Å². The first kappa shape index (κ1) is 16.8. The summed E-state index contributed by atoms with van der Waals surface area (Å²) in [7, 11) is 0. The number of aromatic nitrogens is 1. The molecular weight excluding hydrogens is 346 g/mol. The van der Waals surface area contributed by atoms with E-state index in [0.717, 1.165) is 5.56 Å². The molecule has 2 aromatic rings. The molecule has 6 nitrogen and oxygen atoms in total. The Hall–Kier alpha value is -2.06. The fourth-order valence-electron chi connectivity index (χ4n) is 2.50. The van der Waals surface area contributed by atoms with Gasteiger partial charge in [0.05, 0.1) is 16.5 Å². The Bertz CT molecular complexity index is 768. The van der Waals surface area contributed by atoms with Gasteiger partial charge in [-0.05, 0) is 22.4 Å². The zero-order chi connectivity index (χ0) is 17.1. The molecule has 0 fully saturated rings. The highest BCUT2D eigenvalue weighted by Gasteiger charge is 2.33. The molecule has 0 spiro atoms. The molecule has 0 unspecified atom stereocenters. The minimum atomic E-state index is -0.402. The van der Waals surface area contributed by atoms with E-state index in [0.29, 0.717) is 35.1 Å². The van der Waals surface area contributed by atoms with Gasteiger partial charge in [-0.25, -0.2) is 4.98 Å². The van der Waals surface area contributed by atoms with Gasteiger partial charge in [-0.2, -0.15) is 11.3 Å². The fourth-order valence-corrected chi connectivity index (χ4v) is 4.13. The van der Waals surface area contributed by atoms with Crippen molar-refractivity contribution in [1.82, 2.24) is 10.3 Å². The number of thiophene rings is 1. The van der Waals surface area contributed by atoms with Gasteiger partial charge in [-0.1, -0.05) is 18.3 Å². The van der Waals surface area contributed by atoms with Gasteiger partial charge in [0.2, 0.25) is 11.8 Å². The molecule has 0 bridgehead atoms. The highest BCUT2D eigenvalue weighted by molar-refractivity contribution is 7.17. The third-order valence-electron chi connectivity index (χ3n) is 3.81. The van der Waals surface area contributed by atoms with Crippen LogP contribution in [-0.2, 0) is 22.6 Å². The van der Waals surface area contributed by atoms with Crippen LogP contribution < -0.4 is 10.6 Å². The van der Waals surface area contributed by atoms with Crippen molar-refractivity contribution in [2.75, 3.05) is 5.32 Å². The van der Waals surface area contributed by atoms with Gasteiger partial charge >= 0.3 is 0 Å². The van der Waals surface area contributed by atoms with Gasteiger partial charge in [-0.3, -0.25) is 14.4 Å². The van der Waals surface area contributed by atoms with Crippen molar-refractivity contribution in [2.24, 2.45) is 5.92 Å². The van der Waals surface area contributed by atoms with Gasteiger partial charge in [0.15, 0.2) is 10.9 Å². The Balaban J connectivity index is 1.66. The molecule has 0 radical (unpaired) electrons. The lowest BCUT2D eigenvalue weighted by molar-refractivity contribution is -0.125. The number of amides is 2. The van der Waals surface area contributed by atoms with Crippen LogP contribution in [0.1, 0.15) is 40.7 Å². The molecule has 1 aliphatic rings. The van der Waals surface area contributed by atoms with Crippen LogP contribution in [0.2, 0.25) is 0 Å². The Morgan fingerprint density at radius 3 is 2.92 bits per heavy atom. The lowest BCUT2D eigenvalue weighted by Crippen LogP contribution is -2.35. The van der Waals surface area contributed by atoms with E-state index in [1.165, 1.54) is 11.3 Å². The summed E-state index contributed by atoms with van der Waals surface area (Å²) >= 11 is 2.77. The zero-order valence-corrected chi connectivity index (χ0v) is 14.8. The molecule has 0 saturated heterocycles. The molecule has 24 heavy (non-hydrogen) atoms. The van der Waals surface area contributed by atoms with Crippen molar-refractivity contribution in [3.8, 4) is 0 Å². The number of hydrogen-bond acceptors (Lipinski definition) is 6. The van der Waals surface area contributed by atoms with Crippen LogP contribution in [0.4, 0.5) is 5.13 Å². The van der Waals surface area contributed by atoms with Gasteiger partial charge in [-0.15, -0.1) is 0 Å². The molecule has 2 aromatic heterocycles. The van der Waals surface area contributed by atoms with Crippen molar-refractivity contribution >= 4 is 45.4 Å². The third-order valence-corrected chi connectivity index (χ3v) is 5.59. The predicted octanol–water partition coefficient (Wildman–Crippen LogP) is 2.61. The van der Waals surface area contributed by atoms with Crippen molar-refractivity contribution in [2.45, 2.75) is 32.7 Å². The summed E-state index contributed by atoms with van der Waals surface area (Å²) in [5.41, 5.74) is 1.66. The Morgan fingerprint density at radius 2 is 2.21 bits per heavy atom. The first-order chi connectivity index (χ1) is 11.6. The number of Topliss-reactive ketones (excluding diaryl/α,β-unsaturated/α-hetero) is 1. The maximum Gasteiger partial charge on any atom is 0.225 e. The standard InChI is InChI=1S/C16H17N3O3S2/c1-2-13(21)19-16-18-11-5-10(6-12(20)14(11)24-16)15(22)17-7-9-3-4-23-8-9/h3-4,8,10H,2,5-7H2,1H3,(H,17,22)(H,18,19,21)/t10-/m1/s1. The molecule has 8 heteroatoms. The molecule has 2 heterocycles. The lowest BCUT2D eigenvalue weighted by Gasteiger charge is -2.19. The first-order valence-electron chi connectivity index (χ1n) is 7.68. The van der Waals surface area contributed by atoms with Gasteiger partial charge in [0.25, 0.3) is 0 Å². The number of thiazole rings is 1. The summed E-state index contributed by atoms with van der Waals surface area (Å²) in [6.45, 7) is 2.22. The van der Waals surface area contributed by atoms with Crippen LogP contribution in [0.25, 0.3) is 0 Å². The van der Waals surface area contributed by atoms with E-state index in [2.05, 4.69) is 15.6 Å². The largest absolute Gasteiger partial charge is 0.352 e. The lowest BCUT2D eigenvalue weighted by atomic mass is 9.89. The molecular formula is C16H17N3O3S2. The van der Waals surface area contributed by atoms with Crippen LogP contribution in [0.15, 0.2) is 16.8 Å². The summed E-state index contributed by atoms with van der Waals surface area (Å²) in [5, 5.41) is 9.92. The number of anilines is 1. The second-order valence-corrected chi connectivity index (χ2v) is 7.35. The number of ketones is 1. The van der Waals surface area contributed by atoms with Crippen LogP contribution in [0.5, 0.6) is 0 Å². The SMILES string of the molecule is CCC(=O)Nc1nc2c(s1)C(=O)C[C@H](C(=O)NCc1ccsc1)C2. The monoisotopic (exact) mass is 363 g/mol. The number of hydrogen-bond donors (Lipinski definition) is 2. The molecule has 0 aliphatic heterocycles. The molecule has 1 atom stereocenters. The number of carbonyl (C=O) groups excluding carboxylic acids is 3. The highest BCUT2D eigenvalue weighted by atomic mass is 32.1. The quantitative estimate of drug-likeness (QED) is 0.855. The summed E-state index contributed by atoms with van der Waals surface area (Å²) in [5.74, 6) is -0.757. The second-order valence-electron chi connectivity index (χ2n) is 5.57. The van der Waals surface area contributed by atoms with Crippen molar-refractivity contribution in [1.29, 1.82) is 0 Å². The van der Waals surface area contributed by atoms with E-state index in [1.807, 2.05) is 16.8 Å². The van der Waals surface area contributed by atoms with Crippen LogP contribution in [0, 0.1) is 5.92 Å². The Morgan fingerprint density at radius 1 is 1.38 bits per heavy atom. The first-order valence-corrected chi connectivity index (χ1v) is 9.44. The number of nitrogens with one attached hydrogen (secondary N) is 2. The van der Waals surface area contributed by atoms with E-state index in [-0.39, 0.29) is 24.0 Å². The summed E-state index contributed by atoms with van der Waals surface area (Å²) in [4.78, 5) is 40.9. The summed E-state index contributed by atoms with van der Waals surface area (Å²) < 4.78 is 0. The van der Waals surface area contributed by atoms with Crippen molar-refractivity contribution in [3.63, 3.8) is 0 Å². The smallest absolute Gasteiger partial charge is 0.225 e. The maximum absolute atomic E-state index is 12.3. The minimum Gasteiger partial charge on any atom is -0.352 e. The molecule has 2 amide bonds. The predicted molar refractivity (Wildman–Crippen MR) is 93.3 cm³/mol. The Kier molecular flexibility index (Phi) is 5.06. The van der Waals surface area contributed by atoms with E-state index in [1.54, 1.807) is 18.3 Å². The molecule has 126 valence electrons. The maximum atomic E-state index is 12.3. The fraction of sp³-hybridized carbons (Fsp3) is 0.375. The number of fused-ring (bicyclic) bond motifs is 1. The normalized spacial score (nSPS) is 16.5. The van der Waals surface area contributed by atoms with Gasteiger partial charge in [0, 0.05) is 25.8 Å². The van der Waals surface area contributed by atoms with E-state index >= 15 is 0 Å². The second kappa shape index (κ2) is 7.23. The van der Waals surface area contributed by atoms with Crippen molar-refractivity contribution < 1.29 is 14.4 Å². The Labute approximate surface area is 147 Å². The van der Waals surface area contributed by atoms with Gasteiger partial charge < -0.3 is 10.6 Å². The molecule has 0 saturated carbocycles. The summed E-state index contributed by atoms with van der Waals surface area (Å²) in [6, 6.07) is 1.96. The molecule has 2 N–H and O–H groups in total. The van der Waals surface area contributed by atoms with Crippen LogP contribution in [-0.4, -0.2) is 22.6 Å². The van der Waals surface area contributed by atoms with Crippen LogP contribution >= 0.6 is 22.7 Å². The number of nitrogens with zero attached hydrogens (tertiary/aromatic N) is 1. The van der Waals surface area contributed by atoms with E-state index < -0.39 is 5.92 Å². The molecule has 1 aliphatic carbocycles. The topological polar surface area (TPSA) is 88.2 Å². The average Bonchev–Trinajstić information content (AvgIpc) is 3.21. The molecule has 3 rings (SSSR count). The van der Waals surface area contributed by atoms with Crippen LogP contribution in [0.3, 0.4) is 0 Å². The van der Waals surface area contributed by atoms with E-state index in [4.69, 9.17) is 0 Å². The number of rotatable bonds is 5. The third kappa shape index (κ3) is 3.70. The number of carbonyl (C=O) groups is 3. The zero-order valence-electron chi connectivity index (χ0n) is 13.1.